The van der Waals surface area contributed by atoms with Crippen LogP contribution in [0.15, 0.2) is 54.6 Å². The van der Waals surface area contributed by atoms with E-state index in [2.05, 4.69) is 5.01 Å². The van der Waals surface area contributed by atoms with Crippen molar-refractivity contribution in [1.29, 1.82) is 0 Å². The second-order valence-electron chi connectivity index (χ2n) is 7.29. The Morgan fingerprint density at radius 1 is 0.893 bits per heavy atom. The third-order valence-electron chi connectivity index (χ3n) is 5.85. The van der Waals surface area contributed by atoms with Crippen molar-refractivity contribution in [2.24, 2.45) is 5.92 Å². The molecule has 3 heterocycles. The normalized spacial score (nSPS) is 27.3. The molecule has 2 aromatic carbocycles. The standard InChI is InChI=1S/C20H18N4O4/c25-19-16-17(13-6-2-1-3-7-13)21-10-5-11-22(21)18(16)20(26)23(19)14-8-4-9-15(12-14)24(27)28/h1-4,6-9,12,16-18H,5,10-11H2/t16-,17-,18-/m1/s1. The maximum absolute atomic E-state index is 13.4. The van der Waals surface area contributed by atoms with E-state index in [0.29, 0.717) is 0 Å². The van der Waals surface area contributed by atoms with Gasteiger partial charge in [-0.1, -0.05) is 36.4 Å². The highest BCUT2D eigenvalue weighted by atomic mass is 16.6. The van der Waals surface area contributed by atoms with Gasteiger partial charge in [0.15, 0.2) is 0 Å². The maximum atomic E-state index is 13.4. The zero-order valence-electron chi connectivity index (χ0n) is 15.0. The van der Waals surface area contributed by atoms with Crippen LogP contribution in [0, 0.1) is 16.0 Å². The van der Waals surface area contributed by atoms with Crippen LogP contribution < -0.4 is 4.90 Å². The highest BCUT2D eigenvalue weighted by Gasteiger charge is 2.62. The Morgan fingerprint density at radius 2 is 1.61 bits per heavy atom. The van der Waals surface area contributed by atoms with Crippen LogP contribution >= 0.6 is 0 Å². The number of rotatable bonds is 3. The number of hydrazine groups is 1. The average Bonchev–Trinajstić information content (AvgIpc) is 3.34. The minimum atomic E-state index is -0.556. The Balaban J connectivity index is 1.58. The summed E-state index contributed by atoms with van der Waals surface area (Å²) in [5, 5.41) is 15.3. The van der Waals surface area contributed by atoms with E-state index in [0.717, 1.165) is 30.0 Å². The van der Waals surface area contributed by atoms with Crippen molar-refractivity contribution in [3.8, 4) is 0 Å². The number of anilines is 1. The smallest absolute Gasteiger partial charge is 0.271 e. The fourth-order valence-corrected chi connectivity index (χ4v) is 4.76. The summed E-state index contributed by atoms with van der Waals surface area (Å²) < 4.78 is 0. The molecular formula is C20H18N4O4. The number of carbonyl (C=O) groups excluding carboxylic acids is 2. The molecule has 2 aromatic rings. The minimum absolute atomic E-state index is 0.141. The Hall–Kier alpha value is -3.10. The first-order valence-electron chi connectivity index (χ1n) is 9.28. The number of fused-ring (bicyclic) bond motifs is 3. The lowest BCUT2D eigenvalue weighted by Crippen LogP contribution is -2.44. The molecule has 3 aliphatic rings. The van der Waals surface area contributed by atoms with Gasteiger partial charge < -0.3 is 0 Å². The molecule has 5 rings (SSSR count). The molecule has 2 amide bonds. The Labute approximate surface area is 161 Å². The summed E-state index contributed by atoms with van der Waals surface area (Å²) in [5.74, 6) is -1.12. The third kappa shape index (κ3) is 2.31. The maximum Gasteiger partial charge on any atom is 0.271 e. The monoisotopic (exact) mass is 378 g/mol. The number of imide groups is 1. The highest BCUT2D eigenvalue weighted by Crippen LogP contribution is 2.48. The number of nitrogens with zero attached hydrogens (tertiary/aromatic N) is 4. The first-order valence-corrected chi connectivity index (χ1v) is 9.28. The lowest BCUT2D eigenvalue weighted by molar-refractivity contribution is -0.384. The van der Waals surface area contributed by atoms with Crippen LogP contribution in [0.5, 0.6) is 0 Å². The van der Waals surface area contributed by atoms with Gasteiger partial charge in [0.05, 0.1) is 22.6 Å². The highest BCUT2D eigenvalue weighted by molar-refractivity contribution is 6.24. The Bertz CT molecular complexity index is 979. The van der Waals surface area contributed by atoms with Crippen molar-refractivity contribution in [3.63, 3.8) is 0 Å². The molecule has 0 aromatic heterocycles. The first kappa shape index (κ1) is 17.0. The van der Waals surface area contributed by atoms with Gasteiger partial charge in [-0.05, 0) is 18.1 Å². The van der Waals surface area contributed by atoms with E-state index in [-0.39, 0.29) is 29.2 Å². The molecule has 0 bridgehead atoms. The summed E-state index contributed by atoms with van der Waals surface area (Å²) in [6.07, 6.45) is 0.935. The van der Waals surface area contributed by atoms with Crippen molar-refractivity contribution < 1.29 is 14.5 Å². The number of hydrogen-bond acceptors (Lipinski definition) is 6. The molecular weight excluding hydrogens is 360 g/mol. The fourth-order valence-electron chi connectivity index (χ4n) is 4.76. The summed E-state index contributed by atoms with van der Waals surface area (Å²) in [7, 11) is 0. The topological polar surface area (TPSA) is 87.0 Å². The predicted molar refractivity (Wildman–Crippen MR) is 100 cm³/mol. The van der Waals surface area contributed by atoms with Crippen molar-refractivity contribution in [3.05, 3.63) is 70.3 Å². The van der Waals surface area contributed by atoms with Gasteiger partial charge >= 0.3 is 0 Å². The molecule has 3 fully saturated rings. The van der Waals surface area contributed by atoms with Crippen LogP contribution in [0.2, 0.25) is 0 Å². The van der Waals surface area contributed by atoms with E-state index in [4.69, 9.17) is 0 Å². The van der Waals surface area contributed by atoms with Crippen LogP contribution in [0.25, 0.3) is 0 Å². The van der Waals surface area contributed by atoms with Gasteiger partial charge in [-0.25, -0.2) is 14.9 Å². The number of non-ortho nitro benzene ring substituents is 1. The SMILES string of the molecule is O=C1[C@@H]2[C@@H](c3ccccc3)N3CCCN3[C@H]2C(=O)N1c1cccc([N+](=O)[O-])c1. The minimum Gasteiger partial charge on any atom is -0.274 e. The van der Waals surface area contributed by atoms with Crippen LogP contribution in [-0.4, -0.2) is 45.9 Å². The third-order valence-corrected chi connectivity index (χ3v) is 5.85. The second kappa shape index (κ2) is 6.22. The number of nitro benzene ring substituents is 1. The molecule has 0 unspecified atom stereocenters. The quantitative estimate of drug-likeness (QED) is 0.462. The van der Waals surface area contributed by atoms with Crippen LogP contribution in [0.1, 0.15) is 18.0 Å². The van der Waals surface area contributed by atoms with Gasteiger partial charge in [-0.15, -0.1) is 0 Å². The molecule has 3 saturated heterocycles. The molecule has 0 saturated carbocycles. The number of hydrogen-bond donors (Lipinski definition) is 0. The largest absolute Gasteiger partial charge is 0.274 e. The number of carbonyl (C=O) groups is 2. The average molecular weight is 378 g/mol. The van der Waals surface area contributed by atoms with Gasteiger partial charge in [0.2, 0.25) is 5.91 Å². The number of nitro groups is 1. The number of amides is 2. The summed E-state index contributed by atoms with van der Waals surface area (Å²) in [5.41, 5.74) is 1.12. The van der Waals surface area contributed by atoms with Gasteiger partial charge in [0.1, 0.15) is 6.04 Å². The molecule has 0 aliphatic carbocycles. The van der Waals surface area contributed by atoms with Crippen LogP contribution in [-0.2, 0) is 9.59 Å². The molecule has 3 aliphatic heterocycles. The van der Waals surface area contributed by atoms with Crippen LogP contribution in [0.3, 0.4) is 0 Å². The molecule has 28 heavy (non-hydrogen) atoms. The lowest BCUT2D eigenvalue weighted by atomic mass is 9.90. The van der Waals surface area contributed by atoms with Crippen molar-refractivity contribution in [2.45, 2.75) is 18.5 Å². The van der Waals surface area contributed by atoms with E-state index in [1.165, 1.54) is 18.2 Å². The summed E-state index contributed by atoms with van der Waals surface area (Å²) in [6, 6.07) is 14.7. The second-order valence-corrected chi connectivity index (χ2v) is 7.29. The van der Waals surface area contributed by atoms with Gasteiger partial charge in [0, 0.05) is 25.2 Å². The Morgan fingerprint density at radius 3 is 2.32 bits per heavy atom. The van der Waals surface area contributed by atoms with Crippen molar-refractivity contribution >= 4 is 23.2 Å². The van der Waals surface area contributed by atoms with Gasteiger partial charge in [-0.3, -0.25) is 19.7 Å². The molecule has 8 nitrogen and oxygen atoms in total. The van der Waals surface area contributed by atoms with Gasteiger partial charge in [-0.2, -0.15) is 0 Å². The molecule has 0 N–H and O–H groups in total. The Kier molecular flexibility index (Phi) is 3.78. The molecule has 0 spiro atoms. The zero-order valence-corrected chi connectivity index (χ0v) is 15.0. The summed E-state index contributed by atoms with van der Waals surface area (Å²) in [4.78, 5) is 38.4. The zero-order chi connectivity index (χ0) is 19.4. The van der Waals surface area contributed by atoms with Gasteiger partial charge in [0.25, 0.3) is 11.6 Å². The molecule has 0 radical (unpaired) electrons. The van der Waals surface area contributed by atoms with Crippen molar-refractivity contribution in [1.82, 2.24) is 10.0 Å². The van der Waals surface area contributed by atoms with E-state index in [9.17, 15) is 19.7 Å². The van der Waals surface area contributed by atoms with E-state index in [1.807, 2.05) is 35.3 Å². The molecule has 8 heteroatoms. The first-order chi connectivity index (χ1) is 13.6. The summed E-state index contributed by atoms with van der Waals surface area (Å²) >= 11 is 0. The molecule has 142 valence electrons. The lowest BCUT2D eigenvalue weighted by Gasteiger charge is -2.29. The summed E-state index contributed by atoms with van der Waals surface area (Å²) in [6.45, 7) is 1.54. The van der Waals surface area contributed by atoms with E-state index in [1.54, 1.807) is 6.07 Å². The van der Waals surface area contributed by atoms with E-state index < -0.39 is 16.9 Å². The number of benzene rings is 2. The van der Waals surface area contributed by atoms with Crippen LogP contribution in [0.4, 0.5) is 11.4 Å². The molecule has 3 atom stereocenters. The van der Waals surface area contributed by atoms with Crippen molar-refractivity contribution in [2.75, 3.05) is 18.0 Å². The fraction of sp³-hybridized carbons (Fsp3) is 0.300. The van der Waals surface area contributed by atoms with E-state index >= 15 is 0 Å². The predicted octanol–water partition coefficient (Wildman–Crippen LogP) is 2.13.